The molecule has 0 amide bonds. The first kappa shape index (κ1) is 14.0. The molecule has 0 aliphatic carbocycles. The molecule has 21 heavy (non-hydrogen) atoms. The van der Waals surface area contributed by atoms with Crippen molar-refractivity contribution in [2.45, 2.75) is 25.8 Å². The van der Waals surface area contributed by atoms with Gasteiger partial charge in [0.25, 0.3) is 0 Å². The maximum Gasteiger partial charge on any atom is 0.184 e. The molecule has 2 aromatic rings. The maximum atomic E-state index is 11.5. The third kappa shape index (κ3) is 2.63. The minimum absolute atomic E-state index is 0.00229. The molecular formula is C13H17N5O2S. The first-order chi connectivity index (χ1) is 9.98. The van der Waals surface area contributed by atoms with Crippen LogP contribution < -0.4 is 5.73 Å². The van der Waals surface area contributed by atoms with Gasteiger partial charge in [-0.1, -0.05) is 12.1 Å². The van der Waals surface area contributed by atoms with E-state index < -0.39 is 9.84 Å². The number of hydrogen-bond acceptors (Lipinski definition) is 6. The molecule has 7 nitrogen and oxygen atoms in total. The number of nitrogens with zero attached hydrogens (tertiary/aromatic N) is 4. The molecule has 1 aliphatic rings. The molecule has 8 heteroatoms. The molecule has 1 aromatic carbocycles. The normalized spacial score (nSPS) is 18.7. The smallest absolute Gasteiger partial charge is 0.184 e. The van der Waals surface area contributed by atoms with E-state index in [9.17, 15) is 8.42 Å². The van der Waals surface area contributed by atoms with Crippen LogP contribution in [0.15, 0.2) is 18.2 Å². The van der Waals surface area contributed by atoms with Crippen LogP contribution in [0, 0.1) is 6.92 Å². The lowest BCUT2D eigenvalue weighted by atomic mass is 10.1. The SMILES string of the molecule is Cc1cccc(N)c1-c1nnnn1C1CCS(=O)(=O)CC1. The second-order valence-corrected chi connectivity index (χ2v) is 7.67. The van der Waals surface area contributed by atoms with Crippen LogP contribution in [0.25, 0.3) is 11.4 Å². The lowest BCUT2D eigenvalue weighted by molar-refractivity contribution is 0.408. The lowest BCUT2D eigenvalue weighted by Crippen LogP contribution is -2.26. The van der Waals surface area contributed by atoms with E-state index in [1.807, 2.05) is 25.1 Å². The number of hydrogen-bond donors (Lipinski definition) is 1. The molecule has 1 fully saturated rings. The standard InChI is InChI=1S/C13H17N5O2S/c1-9-3-2-4-11(14)12(9)13-15-16-17-18(13)10-5-7-21(19,20)8-6-10/h2-4,10H,5-8,14H2,1H3. The van der Waals surface area contributed by atoms with Gasteiger partial charge in [-0.3, -0.25) is 0 Å². The van der Waals surface area contributed by atoms with E-state index in [0.717, 1.165) is 11.1 Å². The van der Waals surface area contributed by atoms with Crippen molar-refractivity contribution in [2.24, 2.45) is 0 Å². The van der Waals surface area contributed by atoms with Gasteiger partial charge in [-0.25, -0.2) is 13.1 Å². The van der Waals surface area contributed by atoms with Crippen molar-refractivity contribution >= 4 is 15.5 Å². The van der Waals surface area contributed by atoms with Gasteiger partial charge in [-0.15, -0.1) is 5.10 Å². The van der Waals surface area contributed by atoms with Crippen molar-refractivity contribution in [3.8, 4) is 11.4 Å². The molecule has 0 spiro atoms. The van der Waals surface area contributed by atoms with Crippen LogP contribution in [0.5, 0.6) is 0 Å². The van der Waals surface area contributed by atoms with Crippen LogP contribution >= 0.6 is 0 Å². The number of anilines is 1. The highest BCUT2D eigenvalue weighted by molar-refractivity contribution is 7.91. The Morgan fingerprint density at radius 3 is 2.67 bits per heavy atom. The number of aromatic nitrogens is 4. The highest BCUT2D eigenvalue weighted by Gasteiger charge is 2.28. The fraction of sp³-hybridized carbons (Fsp3) is 0.462. The minimum Gasteiger partial charge on any atom is -0.398 e. The topological polar surface area (TPSA) is 104 Å². The third-order valence-corrected chi connectivity index (χ3v) is 5.61. The zero-order chi connectivity index (χ0) is 15.0. The fourth-order valence-corrected chi connectivity index (χ4v) is 4.19. The maximum absolute atomic E-state index is 11.5. The summed E-state index contributed by atoms with van der Waals surface area (Å²) in [6.45, 7) is 1.95. The summed E-state index contributed by atoms with van der Waals surface area (Å²) in [6.07, 6.45) is 1.07. The highest BCUT2D eigenvalue weighted by atomic mass is 32.2. The molecule has 1 saturated heterocycles. The number of aryl methyl sites for hydroxylation is 1. The summed E-state index contributed by atoms with van der Waals surface area (Å²) >= 11 is 0. The van der Waals surface area contributed by atoms with Crippen LogP contribution in [0.3, 0.4) is 0 Å². The molecule has 0 radical (unpaired) electrons. The molecule has 112 valence electrons. The summed E-state index contributed by atoms with van der Waals surface area (Å²) in [5.41, 5.74) is 8.48. The van der Waals surface area contributed by atoms with Crippen molar-refractivity contribution in [2.75, 3.05) is 17.2 Å². The Morgan fingerprint density at radius 2 is 2.00 bits per heavy atom. The van der Waals surface area contributed by atoms with Crippen LogP contribution in [-0.4, -0.2) is 40.1 Å². The second-order valence-electron chi connectivity index (χ2n) is 5.37. The van der Waals surface area contributed by atoms with E-state index in [1.54, 1.807) is 4.68 Å². The van der Waals surface area contributed by atoms with Gasteiger partial charge in [0.05, 0.1) is 17.5 Å². The average molecular weight is 307 g/mol. The summed E-state index contributed by atoms with van der Waals surface area (Å²) < 4.78 is 24.8. The van der Waals surface area contributed by atoms with Crippen LogP contribution in [-0.2, 0) is 9.84 Å². The van der Waals surface area contributed by atoms with Crippen molar-refractivity contribution in [3.63, 3.8) is 0 Å². The van der Waals surface area contributed by atoms with E-state index in [4.69, 9.17) is 5.73 Å². The Balaban J connectivity index is 1.99. The fourth-order valence-electron chi connectivity index (χ4n) is 2.72. The summed E-state index contributed by atoms with van der Waals surface area (Å²) in [5.74, 6) is 0.968. The van der Waals surface area contributed by atoms with Crippen molar-refractivity contribution in [1.82, 2.24) is 20.2 Å². The molecule has 1 aromatic heterocycles. The zero-order valence-corrected chi connectivity index (χ0v) is 12.5. The van der Waals surface area contributed by atoms with Crippen molar-refractivity contribution < 1.29 is 8.42 Å². The molecule has 1 aliphatic heterocycles. The Bertz CT molecular complexity index is 734. The molecule has 0 unspecified atom stereocenters. The average Bonchev–Trinajstić information content (AvgIpc) is 2.88. The van der Waals surface area contributed by atoms with E-state index in [-0.39, 0.29) is 17.5 Å². The summed E-state index contributed by atoms with van der Waals surface area (Å²) in [5, 5.41) is 11.9. The van der Waals surface area contributed by atoms with Crippen LogP contribution in [0.1, 0.15) is 24.4 Å². The number of benzene rings is 1. The Kier molecular flexibility index (Phi) is 3.40. The van der Waals surface area contributed by atoms with Gasteiger partial charge in [0.2, 0.25) is 0 Å². The van der Waals surface area contributed by atoms with Gasteiger partial charge >= 0.3 is 0 Å². The molecule has 0 atom stereocenters. The van der Waals surface area contributed by atoms with E-state index in [2.05, 4.69) is 15.5 Å². The van der Waals surface area contributed by atoms with Crippen molar-refractivity contribution in [1.29, 1.82) is 0 Å². The van der Waals surface area contributed by atoms with Gasteiger partial charge in [-0.05, 0) is 41.8 Å². The van der Waals surface area contributed by atoms with E-state index >= 15 is 0 Å². The minimum atomic E-state index is -2.91. The van der Waals surface area contributed by atoms with Crippen LogP contribution in [0.2, 0.25) is 0 Å². The number of nitrogen functional groups attached to an aromatic ring is 1. The molecule has 0 bridgehead atoms. The van der Waals surface area contributed by atoms with Crippen LogP contribution in [0.4, 0.5) is 5.69 Å². The third-order valence-electron chi connectivity index (χ3n) is 3.89. The largest absolute Gasteiger partial charge is 0.398 e. The van der Waals surface area contributed by atoms with Crippen molar-refractivity contribution in [3.05, 3.63) is 23.8 Å². The quantitative estimate of drug-likeness (QED) is 0.829. The summed E-state index contributed by atoms with van der Waals surface area (Å²) in [4.78, 5) is 0. The van der Waals surface area contributed by atoms with E-state index in [1.165, 1.54) is 0 Å². The first-order valence-corrected chi connectivity index (χ1v) is 8.64. The molecule has 2 N–H and O–H groups in total. The monoisotopic (exact) mass is 307 g/mol. The predicted molar refractivity (Wildman–Crippen MR) is 79.3 cm³/mol. The highest BCUT2D eigenvalue weighted by Crippen LogP contribution is 2.31. The van der Waals surface area contributed by atoms with Gasteiger partial charge in [-0.2, -0.15) is 0 Å². The molecule has 0 saturated carbocycles. The molecule has 2 heterocycles. The number of nitrogens with two attached hydrogens (primary N) is 1. The zero-order valence-electron chi connectivity index (χ0n) is 11.7. The van der Waals surface area contributed by atoms with Gasteiger partial charge in [0, 0.05) is 11.3 Å². The summed E-state index contributed by atoms with van der Waals surface area (Å²) in [6, 6.07) is 5.65. The Morgan fingerprint density at radius 1 is 1.29 bits per heavy atom. The van der Waals surface area contributed by atoms with Gasteiger partial charge in [0.15, 0.2) is 5.82 Å². The Hall–Kier alpha value is -1.96. The van der Waals surface area contributed by atoms with E-state index in [0.29, 0.717) is 24.4 Å². The number of rotatable bonds is 2. The predicted octanol–water partition coefficient (Wildman–Crippen LogP) is 0.980. The lowest BCUT2D eigenvalue weighted by Gasteiger charge is -2.23. The second kappa shape index (κ2) is 5.10. The summed E-state index contributed by atoms with van der Waals surface area (Å²) in [7, 11) is -2.91. The van der Waals surface area contributed by atoms with Gasteiger partial charge in [0.1, 0.15) is 9.84 Å². The molecular weight excluding hydrogens is 290 g/mol. The van der Waals surface area contributed by atoms with Gasteiger partial charge < -0.3 is 5.73 Å². The number of tetrazole rings is 1. The Labute approximate surface area is 123 Å². The molecule has 3 rings (SSSR count). The number of sulfone groups is 1. The first-order valence-electron chi connectivity index (χ1n) is 6.82.